The summed E-state index contributed by atoms with van der Waals surface area (Å²) >= 11 is 0. The fraction of sp³-hybridized carbons (Fsp3) is 0.143. The van der Waals surface area contributed by atoms with Gasteiger partial charge in [-0.2, -0.15) is 5.26 Å². The monoisotopic (exact) mass is 345 g/mol. The number of aromatic amines is 1. The minimum atomic E-state index is -0.263. The fourth-order valence-corrected chi connectivity index (χ4v) is 2.87. The summed E-state index contributed by atoms with van der Waals surface area (Å²) in [5.41, 5.74) is 4.28. The molecule has 0 spiro atoms. The molecule has 1 aromatic heterocycles. The maximum absolute atomic E-state index is 12.0. The number of rotatable bonds is 4. The molecule has 0 saturated carbocycles. The molecule has 0 atom stereocenters. The average Bonchev–Trinajstić information content (AvgIpc) is 2.58. The van der Waals surface area contributed by atoms with Gasteiger partial charge in [0.15, 0.2) is 0 Å². The quantitative estimate of drug-likeness (QED) is 0.718. The highest BCUT2D eigenvalue weighted by Gasteiger charge is 2.08. The summed E-state index contributed by atoms with van der Waals surface area (Å²) in [6.45, 7) is 6.01. The fourth-order valence-electron chi connectivity index (χ4n) is 2.87. The summed E-state index contributed by atoms with van der Waals surface area (Å²) in [5.74, 6) is 1.73. The molecular weight excluding hydrogens is 326 g/mol. The highest BCUT2D eigenvalue weighted by Crippen LogP contribution is 2.30. The standard InChI is InChI=1S/C21H19N3O2/c1-13-8-14(2)21(15(3)9-13)26-18-10-19(24-20(25)11-18)23-17-6-4-16(12-22)5-7-17/h4-11H,1-3H3,(H2,23,24,25). The Labute approximate surface area is 151 Å². The molecule has 0 amide bonds. The van der Waals surface area contributed by atoms with Gasteiger partial charge in [-0.3, -0.25) is 4.79 Å². The molecule has 3 rings (SSSR count). The van der Waals surface area contributed by atoms with Crippen molar-refractivity contribution in [3.05, 3.63) is 81.1 Å². The number of hydrogen-bond acceptors (Lipinski definition) is 4. The highest BCUT2D eigenvalue weighted by atomic mass is 16.5. The summed E-state index contributed by atoms with van der Waals surface area (Å²) in [6.07, 6.45) is 0. The van der Waals surface area contributed by atoms with Crippen molar-refractivity contribution in [3.63, 3.8) is 0 Å². The van der Waals surface area contributed by atoms with Gasteiger partial charge in [0.2, 0.25) is 0 Å². The number of pyridine rings is 1. The van der Waals surface area contributed by atoms with E-state index in [4.69, 9.17) is 10.00 Å². The van der Waals surface area contributed by atoms with Crippen molar-refractivity contribution >= 4 is 11.5 Å². The molecule has 0 radical (unpaired) electrons. The number of nitriles is 1. The van der Waals surface area contributed by atoms with E-state index in [0.29, 0.717) is 17.1 Å². The molecule has 1 heterocycles. The second-order valence-electron chi connectivity index (χ2n) is 6.24. The molecule has 5 heteroatoms. The third-order valence-electron chi connectivity index (χ3n) is 3.94. The van der Waals surface area contributed by atoms with E-state index in [1.165, 1.54) is 11.6 Å². The third-order valence-corrected chi connectivity index (χ3v) is 3.94. The highest BCUT2D eigenvalue weighted by molar-refractivity contribution is 5.59. The van der Waals surface area contributed by atoms with E-state index in [1.54, 1.807) is 30.3 Å². The summed E-state index contributed by atoms with van der Waals surface area (Å²) in [7, 11) is 0. The molecule has 0 unspecified atom stereocenters. The first-order valence-corrected chi connectivity index (χ1v) is 8.22. The number of ether oxygens (including phenoxy) is 1. The first-order valence-electron chi connectivity index (χ1n) is 8.22. The van der Waals surface area contributed by atoms with Crippen molar-refractivity contribution in [1.82, 2.24) is 4.98 Å². The summed E-state index contributed by atoms with van der Waals surface area (Å²) < 4.78 is 5.99. The van der Waals surface area contributed by atoms with Crippen LogP contribution in [0.1, 0.15) is 22.3 Å². The zero-order valence-corrected chi connectivity index (χ0v) is 14.9. The number of aromatic nitrogens is 1. The molecule has 26 heavy (non-hydrogen) atoms. The lowest BCUT2D eigenvalue weighted by molar-refractivity contribution is 0.474. The first-order chi connectivity index (χ1) is 12.4. The minimum Gasteiger partial charge on any atom is -0.456 e. The van der Waals surface area contributed by atoms with Gasteiger partial charge in [-0.15, -0.1) is 0 Å². The molecule has 0 fully saturated rings. The second kappa shape index (κ2) is 7.16. The lowest BCUT2D eigenvalue weighted by Crippen LogP contribution is -2.08. The van der Waals surface area contributed by atoms with Crippen molar-refractivity contribution < 1.29 is 4.74 Å². The van der Waals surface area contributed by atoms with E-state index in [2.05, 4.69) is 16.4 Å². The second-order valence-corrected chi connectivity index (χ2v) is 6.24. The van der Waals surface area contributed by atoms with Gasteiger partial charge in [0, 0.05) is 17.8 Å². The van der Waals surface area contributed by atoms with E-state index in [-0.39, 0.29) is 5.56 Å². The number of anilines is 2. The maximum Gasteiger partial charge on any atom is 0.253 e. The molecule has 3 aromatic rings. The number of benzene rings is 2. The lowest BCUT2D eigenvalue weighted by atomic mass is 10.1. The molecule has 0 bridgehead atoms. The largest absolute Gasteiger partial charge is 0.456 e. The summed E-state index contributed by atoms with van der Waals surface area (Å²) in [6, 6.07) is 16.3. The number of aryl methyl sites for hydroxylation is 3. The van der Waals surface area contributed by atoms with Crippen molar-refractivity contribution in [3.8, 4) is 17.6 Å². The van der Waals surface area contributed by atoms with E-state index in [0.717, 1.165) is 22.6 Å². The van der Waals surface area contributed by atoms with Crippen LogP contribution in [-0.2, 0) is 0 Å². The van der Waals surface area contributed by atoms with Gasteiger partial charge in [-0.1, -0.05) is 17.7 Å². The van der Waals surface area contributed by atoms with Crippen LogP contribution in [0.3, 0.4) is 0 Å². The van der Waals surface area contributed by atoms with Gasteiger partial charge >= 0.3 is 0 Å². The third kappa shape index (κ3) is 3.93. The molecule has 0 aliphatic rings. The molecule has 0 aliphatic heterocycles. The molecule has 2 aromatic carbocycles. The zero-order valence-electron chi connectivity index (χ0n) is 14.9. The van der Waals surface area contributed by atoms with Gasteiger partial charge in [-0.25, -0.2) is 0 Å². The normalized spacial score (nSPS) is 10.2. The maximum atomic E-state index is 12.0. The Balaban J connectivity index is 1.88. The van der Waals surface area contributed by atoms with Crippen molar-refractivity contribution in [2.75, 3.05) is 5.32 Å². The van der Waals surface area contributed by atoms with Gasteiger partial charge in [-0.05, 0) is 56.2 Å². The molecule has 130 valence electrons. The van der Waals surface area contributed by atoms with Crippen molar-refractivity contribution in [1.29, 1.82) is 5.26 Å². The van der Waals surface area contributed by atoms with Crippen molar-refractivity contribution in [2.24, 2.45) is 0 Å². The van der Waals surface area contributed by atoms with Crippen LogP contribution in [0.5, 0.6) is 11.5 Å². The summed E-state index contributed by atoms with van der Waals surface area (Å²) in [5, 5.41) is 12.0. The van der Waals surface area contributed by atoms with Crippen LogP contribution in [-0.4, -0.2) is 4.98 Å². The van der Waals surface area contributed by atoms with Crippen LogP contribution in [0.25, 0.3) is 0 Å². The van der Waals surface area contributed by atoms with E-state index in [1.807, 2.05) is 32.9 Å². The van der Waals surface area contributed by atoms with Gasteiger partial charge < -0.3 is 15.0 Å². The Morgan fingerprint density at radius 2 is 1.65 bits per heavy atom. The van der Waals surface area contributed by atoms with Crippen LogP contribution in [0.15, 0.2) is 53.3 Å². The van der Waals surface area contributed by atoms with Gasteiger partial charge in [0.05, 0.1) is 11.6 Å². The van der Waals surface area contributed by atoms with E-state index < -0.39 is 0 Å². The Kier molecular flexibility index (Phi) is 4.76. The number of H-pyrrole nitrogens is 1. The Bertz CT molecular complexity index is 1020. The smallest absolute Gasteiger partial charge is 0.253 e. The topological polar surface area (TPSA) is 77.9 Å². The molecular formula is C21H19N3O2. The summed E-state index contributed by atoms with van der Waals surface area (Å²) in [4.78, 5) is 14.7. The Hall–Kier alpha value is -3.52. The zero-order chi connectivity index (χ0) is 18.7. The first kappa shape index (κ1) is 17.3. The number of hydrogen-bond donors (Lipinski definition) is 2. The Morgan fingerprint density at radius 1 is 1.00 bits per heavy atom. The van der Waals surface area contributed by atoms with Gasteiger partial charge in [0.25, 0.3) is 5.56 Å². The molecule has 2 N–H and O–H groups in total. The Morgan fingerprint density at radius 3 is 2.27 bits per heavy atom. The van der Waals surface area contributed by atoms with Gasteiger partial charge in [0.1, 0.15) is 17.3 Å². The predicted molar refractivity (Wildman–Crippen MR) is 102 cm³/mol. The average molecular weight is 345 g/mol. The van der Waals surface area contributed by atoms with Crippen LogP contribution < -0.4 is 15.6 Å². The number of nitrogens with zero attached hydrogens (tertiary/aromatic N) is 1. The molecule has 5 nitrogen and oxygen atoms in total. The predicted octanol–water partition coefficient (Wildman–Crippen LogP) is 4.71. The van der Waals surface area contributed by atoms with Crippen LogP contribution in [0.2, 0.25) is 0 Å². The lowest BCUT2D eigenvalue weighted by Gasteiger charge is -2.14. The van der Waals surface area contributed by atoms with Crippen LogP contribution >= 0.6 is 0 Å². The SMILES string of the molecule is Cc1cc(C)c(Oc2cc(Nc3ccc(C#N)cc3)[nH]c(=O)c2)c(C)c1. The minimum absolute atomic E-state index is 0.263. The molecule has 0 saturated heterocycles. The van der Waals surface area contributed by atoms with Crippen molar-refractivity contribution in [2.45, 2.75) is 20.8 Å². The molecule has 0 aliphatic carbocycles. The van der Waals surface area contributed by atoms with Crippen LogP contribution in [0.4, 0.5) is 11.5 Å². The number of nitrogens with one attached hydrogen (secondary N) is 2. The van der Waals surface area contributed by atoms with E-state index >= 15 is 0 Å². The van der Waals surface area contributed by atoms with E-state index in [9.17, 15) is 4.79 Å². The van der Waals surface area contributed by atoms with Crippen LogP contribution in [0, 0.1) is 32.1 Å².